The normalized spacial score (nSPS) is 10.8. The summed E-state index contributed by atoms with van der Waals surface area (Å²) in [5.74, 6) is 3.30. The summed E-state index contributed by atoms with van der Waals surface area (Å²) in [7, 11) is 0. The van der Waals surface area contributed by atoms with Crippen LogP contribution in [-0.4, -0.2) is 29.8 Å². The molecule has 0 spiro atoms. The van der Waals surface area contributed by atoms with Gasteiger partial charge in [0, 0.05) is 5.56 Å². The molecule has 2 aromatic carbocycles. The highest BCUT2D eigenvalue weighted by molar-refractivity contribution is 5.56. The number of hydrogen-bond acceptors (Lipinski definition) is 5. The first-order valence-electron chi connectivity index (χ1n) is 14.2. The number of nitrogens with zero attached hydrogens (tertiary/aromatic N) is 2. The highest BCUT2D eigenvalue weighted by Crippen LogP contribution is 2.21. The molecule has 37 heavy (non-hydrogen) atoms. The SMILES string of the molecule is CCCCCCOc1ccc(-c2ncc(OCCCCCCCCCCOc3ccccc3)cn2)cc1. The van der Waals surface area contributed by atoms with Gasteiger partial charge in [-0.1, -0.05) is 82.9 Å². The van der Waals surface area contributed by atoms with Gasteiger partial charge >= 0.3 is 0 Å². The number of unbranched alkanes of at least 4 members (excludes halogenated alkanes) is 10. The fourth-order valence-electron chi connectivity index (χ4n) is 4.12. The molecular weight excluding hydrogens is 460 g/mol. The molecule has 3 aromatic rings. The lowest BCUT2D eigenvalue weighted by atomic mass is 10.1. The summed E-state index contributed by atoms with van der Waals surface area (Å²) in [5, 5.41) is 0. The molecule has 0 bridgehead atoms. The maximum atomic E-state index is 5.84. The van der Waals surface area contributed by atoms with Gasteiger partial charge in [0.15, 0.2) is 11.6 Å². The Bertz CT molecular complexity index is 946. The number of ether oxygens (including phenoxy) is 3. The van der Waals surface area contributed by atoms with E-state index < -0.39 is 0 Å². The molecule has 3 rings (SSSR count). The molecule has 5 heteroatoms. The van der Waals surface area contributed by atoms with Crippen molar-refractivity contribution in [2.75, 3.05) is 19.8 Å². The van der Waals surface area contributed by atoms with Crippen molar-refractivity contribution in [3.8, 4) is 28.6 Å². The lowest BCUT2D eigenvalue weighted by Gasteiger charge is -2.08. The second kappa shape index (κ2) is 18.2. The van der Waals surface area contributed by atoms with Gasteiger partial charge in [-0.25, -0.2) is 9.97 Å². The Labute approximate surface area is 223 Å². The van der Waals surface area contributed by atoms with Crippen molar-refractivity contribution < 1.29 is 14.2 Å². The van der Waals surface area contributed by atoms with E-state index in [2.05, 4.69) is 16.9 Å². The zero-order valence-corrected chi connectivity index (χ0v) is 22.6. The predicted molar refractivity (Wildman–Crippen MR) is 151 cm³/mol. The summed E-state index contributed by atoms with van der Waals surface area (Å²) in [4.78, 5) is 8.95. The van der Waals surface area contributed by atoms with Crippen LogP contribution < -0.4 is 14.2 Å². The van der Waals surface area contributed by atoms with Crippen LogP contribution >= 0.6 is 0 Å². The van der Waals surface area contributed by atoms with Gasteiger partial charge in [0.05, 0.1) is 32.2 Å². The zero-order chi connectivity index (χ0) is 25.8. The van der Waals surface area contributed by atoms with Crippen molar-refractivity contribution in [3.63, 3.8) is 0 Å². The molecular formula is C32H44N2O3. The molecule has 0 N–H and O–H groups in total. The van der Waals surface area contributed by atoms with E-state index in [1.807, 2.05) is 54.6 Å². The standard InChI is InChI=1S/C32H44N2O3/c1-2-3-4-14-23-36-30-21-19-28(20-22-30)32-33-26-31(27-34-32)37-25-16-10-8-6-5-7-9-15-24-35-29-17-12-11-13-18-29/h11-13,17-22,26-27H,2-10,14-16,23-25H2,1H3. The Morgan fingerprint density at radius 1 is 0.486 bits per heavy atom. The largest absolute Gasteiger partial charge is 0.494 e. The van der Waals surface area contributed by atoms with Crippen molar-refractivity contribution in [3.05, 3.63) is 67.0 Å². The van der Waals surface area contributed by atoms with Crippen LogP contribution in [0.3, 0.4) is 0 Å². The van der Waals surface area contributed by atoms with Gasteiger partial charge in [-0.05, 0) is 55.7 Å². The van der Waals surface area contributed by atoms with Crippen LogP contribution in [0.5, 0.6) is 17.2 Å². The molecule has 1 aromatic heterocycles. The molecule has 0 saturated carbocycles. The minimum absolute atomic E-state index is 0.702. The van der Waals surface area contributed by atoms with Crippen molar-refractivity contribution in [1.82, 2.24) is 9.97 Å². The predicted octanol–water partition coefficient (Wildman–Crippen LogP) is 8.68. The smallest absolute Gasteiger partial charge is 0.159 e. The summed E-state index contributed by atoms with van der Waals surface area (Å²) >= 11 is 0. The quantitative estimate of drug-likeness (QED) is 0.144. The molecule has 0 aliphatic rings. The molecule has 0 aliphatic carbocycles. The van der Waals surface area contributed by atoms with Crippen molar-refractivity contribution in [2.24, 2.45) is 0 Å². The van der Waals surface area contributed by atoms with Crippen LogP contribution in [0.25, 0.3) is 11.4 Å². The molecule has 0 radical (unpaired) electrons. The van der Waals surface area contributed by atoms with Crippen molar-refractivity contribution in [1.29, 1.82) is 0 Å². The molecule has 0 fully saturated rings. The molecule has 5 nitrogen and oxygen atoms in total. The Morgan fingerprint density at radius 3 is 1.49 bits per heavy atom. The number of rotatable bonds is 20. The fraction of sp³-hybridized carbons (Fsp3) is 0.500. The summed E-state index contributed by atoms with van der Waals surface area (Å²) in [5.41, 5.74) is 0.980. The molecule has 0 atom stereocenters. The van der Waals surface area contributed by atoms with E-state index in [9.17, 15) is 0 Å². The molecule has 1 heterocycles. The van der Waals surface area contributed by atoms with Crippen molar-refractivity contribution in [2.45, 2.75) is 84.0 Å². The third kappa shape index (κ3) is 12.1. The lowest BCUT2D eigenvalue weighted by Crippen LogP contribution is -1.99. The molecule has 0 unspecified atom stereocenters. The summed E-state index contributed by atoms with van der Waals surface area (Å²) in [6.07, 6.45) is 18.1. The van der Waals surface area contributed by atoms with Crippen LogP contribution in [0, 0.1) is 0 Å². The van der Waals surface area contributed by atoms with Crippen molar-refractivity contribution >= 4 is 0 Å². The Balaban J connectivity index is 1.18. The minimum Gasteiger partial charge on any atom is -0.494 e. The number of benzene rings is 2. The Morgan fingerprint density at radius 2 is 0.946 bits per heavy atom. The van der Waals surface area contributed by atoms with Gasteiger partial charge < -0.3 is 14.2 Å². The average Bonchev–Trinajstić information content (AvgIpc) is 2.95. The van der Waals surface area contributed by atoms with E-state index in [0.717, 1.165) is 55.3 Å². The van der Waals surface area contributed by atoms with Crippen LogP contribution in [0.4, 0.5) is 0 Å². The molecule has 0 saturated heterocycles. The third-order valence-electron chi connectivity index (χ3n) is 6.33. The van der Waals surface area contributed by atoms with Crippen LogP contribution in [0.2, 0.25) is 0 Å². The lowest BCUT2D eigenvalue weighted by molar-refractivity contribution is 0.300. The number of aromatic nitrogens is 2. The van der Waals surface area contributed by atoms with Crippen LogP contribution in [0.15, 0.2) is 67.0 Å². The first-order valence-corrected chi connectivity index (χ1v) is 14.2. The molecule has 0 aliphatic heterocycles. The first kappa shape index (κ1) is 28.5. The van der Waals surface area contributed by atoms with Crippen LogP contribution in [0.1, 0.15) is 84.0 Å². The van der Waals surface area contributed by atoms with E-state index in [4.69, 9.17) is 14.2 Å². The molecule has 200 valence electrons. The first-order chi connectivity index (χ1) is 18.3. The van der Waals surface area contributed by atoms with E-state index in [1.165, 1.54) is 57.8 Å². The van der Waals surface area contributed by atoms with E-state index in [-0.39, 0.29) is 0 Å². The highest BCUT2D eigenvalue weighted by Gasteiger charge is 2.04. The van der Waals surface area contributed by atoms with E-state index >= 15 is 0 Å². The van der Waals surface area contributed by atoms with Gasteiger partial charge in [-0.15, -0.1) is 0 Å². The number of hydrogen-bond donors (Lipinski definition) is 0. The maximum Gasteiger partial charge on any atom is 0.159 e. The number of para-hydroxylation sites is 1. The zero-order valence-electron chi connectivity index (χ0n) is 22.6. The van der Waals surface area contributed by atoms with Gasteiger partial charge in [0.1, 0.15) is 11.5 Å². The minimum atomic E-state index is 0.702. The van der Waals surface area contributed by atoms with E-state index in [0.29, 0.717) is 12.4 Å². The van der Waals surface area contributed by atoms with Gasteiger partial charge in [-0.2, -0.15) is 0 Å². The highest BCUT2D eigenvalue weighted by atomic mass is 16.5. The average molecular weight is 505 g/mol. The Kier molecular flexibility index (Phi) is 14.0. The topological polar surface area (TPSA) is 53.5 Å². The maximum absolute atomic E-state index is 5.84. The van der Waals surface area contributed by atoms with Gasteiger partial charge in [0.25, 0.3) is 0 Å². The second-order valence-electron chi connectivity index (χ2n) is 9.51. The summed E-state index contributed by atoms with van der Waals surface area (Å²) < 4.78 is 17.4. The van der Waals surface area contributed by atoms with E-state index in [1.54, 1.807) is 12.4 Å². The van der Waals surface area contributed by atoms with Crippen LogP contribution in [-0.2, 0) is 0 Å². The third-order valence-corrected chi connectivity index (χ3v) is 6.33. The van der Waals surface area contributed by atoms with Gasteiger partial charge in [0.2, 0.25) is 0 Å². The Hall–Kier alpha value is -3.08. The molecule has 0 amide bonds. The second-order valence-corrected chi connectivity index (χ2v) is 9.51. The fourth-order valence-corrected chi connectivity index (χ4v) is 4.12. The summed E-state index contributed by atoms with van der Waals surface area (Å²) in [6, 6.07) is 18.1. The summed E-state index contributed by atoms with van der Waals surface area (Å²) in [6.45, 7) is 4.51. The van der Waals surface area contributed by atoms with Gasteiger partial charge in [-0.3, -0.25) is 0 Å². The monoisotopic (exact) mass is 504 g/mol.